The van der Waals surface area contributed by atoms with Crippen molar-refractivity contribution in [2.75, 3.05) is 26.2 Å². The Kier molecular flexibility index (Phi) is 4.43. The lowest BCUT2D eigenvalue weighted by Crippen LogP contribution is -2.44. The highest BCUT2D eigenvalue weighted by atomic mass is 16.2. The Bertz CT molecular complexity index is 267. The number of rotatable bonds is 3. The van der Waals surface area contributed by atoms with Crippen molar-refractivity contribution < 1.29 is 4.79 Å². The van der Waals surface area contributed by atoms with Crippen molar-refractivity contribution in [3.8, 4) is 0 Å². The number of likely N-dealkylation sites (tertiary alicyclic amines) is 1. The van der Waals surface area contributed by atoms with Crippen LogP contribution < -0.4 is 5.32 Å². The Hall–Kier alpha value is -0.570. The van der Waals surface area contributed by atoms with E-state index < -0.39 is 0 Å². The zero-order valence-corrected chi connectivity index (χ0v) is 11.2. The van der Waals surface area contributed by atoms with Crippen LogP contribution in [0.1, 0.15) is 39.5 Å². The van der Waals surface area contributed by atoms with Crippen molar-refractivity contribution in [1.82, 2.24) is 10.2 Å². The largest absolute Gasteiger partial charge is 0.342 e. The third kappa shape index (κ3) is 3.21. The smallest absolute Gasteiger partial charge is 0.226 e. The highest BCUT2D eigenvalue weighted by molar-refractivity contribution is 5.79. The van der Waals surface area contributed by atoms with Crippen molar-refractivity contribution >= 4 is 5.91 Å². The Balaban J connectivity index is 1.83. The van der Waals surface area contributed by atoms with Gasteiger partial charge in [-0.3, -0.25) is 4.79 Å². The molecule has 2 heterocycles. The lowest BCUT2D eigenvalue weighted by Gasteiger charge is -2.30. The number of nitrogens with one attached hydrogen (secondary N) is 1. The topological polar surface area (TPSA) is 32.3 Å². The molecule has 3 atom stereocenters. The van der Waals surface area contributed by atoms with Crippen LogP contribution in [0.4, 0.5) is 0 Å². The summed E-state index contributed by atoms with van der Waals surface area (Å²) in [5.74, 6) is 2.05. The monoisotopic (exact) mass is 238 g/mol. The summed E-state index contributed by atoms with van der Waals surface area (Å²) in [6, 6.07) is 0. The third-order valence-electron chi connectivity index (χ3n) is 4.21. The first-order valence-corrected chi connectivity index (χ1v) is 7.20. The number of hydrogen-bond donors (Lipinski definition) is 1. The summed E-state index contributed by atoms with van der Waals surface area (Å²) in [4.78, 5) is 14.5. The zero-order valence-electron chi connectivity index (χ0n) is 11.2. The number of carbonyl (C=O) groups excluding carboxylic acids is 1. The average Bonchev–Trinajstić information content (AvgIpc) is 2.77. The molecule has 98 valence electrons. The van der Waals surface area contributed by atoms with Crippen LogP contribution in [0.25, 0.3) is 0 Å². The van der Waals surface area contributed by atoms with E-state index in [1.807, 2.05) is 0 Å². The van der Waals surface area contributed by atoms with E-state index in [0.29, 0.717) is 11.8 Å². The van der Waals surface area contributed by atoms with Gasteiger partial charge in [-0.2, -0.15) is 0 Å². The van der Waals surface area contributed by atoms with Crippen LogP contribution in [-0.2, 0) is 4.79 Å². The van der Waals surface area contributed by atoms with E-state index in [0.717, 1.165) is 38.5 Å². The van der Waals surface area contributed by atoms with E-state index in [1.54, 1.807) is 0 Å². The van der Waals surface area contributed by atoms with Crippen LogP contribution in [0, 0.1) is 17.8 Å². The summed E-state index contributed by atoms with van der Waals surface area (Å²) in [6.45, 7) is 8.43. The van der Waals surface area contributed by atoms with Gasteiger partial charge in [0.25, 0.3) is 0 Å². The molecule has 1 amide bonds. The van der Waals surface area contributed by atoms with Crippen molar-refractivity contribution in [1.29, 1.82) is 0 Å². The summed E-state index contributed by atoms with van der Waals surface area (Å²) in [7, 11) is 0. The van der Waals surface area contributed by atoms with Gasteiger partial charge in [-0.05, 0) is 37.6 Å². The van der Waals surface area contributed by atoms with Crippen LogP contribution in [0.15, 0.2) is 0 Å². The molecule has 3 unspecified atom stereocenters. The predicted molar refractivity (Wildman–Crippen MR) is 69.7 cm³/mol. The number of amides is 1. The second-order valence-electron chi connectivity index (χ2n) is 5.92. The maximum absolute atomic E-state index is 12.4. The molecular weight excluding hydrogens is 212 g/mol. The summed E-state index contributed by atoms with van der Waals surface area (Å²) < 4.78 is 0. The van der Waals surface area contributed by atoms with Gasteiger partial charge in [0.15, 0.2) is 0 Å². The Labute approximate surface area is 105 Å². The lowest BCUT2D eigenvalue weighted by molar-refractivity contribution is -0.135. The molecule has 3 heteroatoms. The minimum Gasteiger partial charge on any atom is -0.342 e. The lowest BCUT2D eigenvalue weighted by atomic mass is 9.91. The average molecular weight is 238 g/mol. The fourth-order valence-electron chi connectivity index (χ4n) is 3.28. The molecule has 0 spiro atoms. The number of nitrogens with zero attached hydrogens (tertiary/aromatic N) is 1. The normalized spacial score (nSPS) is 34.0. The van der Waals surface area contributed by atoms with Crippen molar-refractivity contribution in [2.45, 2.75) is 39.5 Å². The van der Waals surface area contributed by atoms with Gasteiger partial charge >= 0.3 is 0 Å². The molecule has 3 nitrogen and oxygen atoms in total. The first-order chi connectivity index (χ1) is 8.20. The minimum atomic E-state index is 0.235. The van der Waals surface area contributed by atoms with Crippen molar-refractivity contribution in [3.05, 3.63) is 0 Å². The molecule has 0 saturated carbocycles. The van der Waals surface area contributed by atoms with Crippen LogP contribution in [-0.4, -0.2) is 37.0 Å². The van der Waals surface area contributed by atoms with Gasteiger partial charge in [-0.25, -0.2) is 0 Å². The van der Waals surface area contributed by atoms with Crippen LogP contribution in [0.5, 0.6) is 0 Å². The maximum atomic E-state index is 12.4. The second-order valence-corrected chi connectivity index (χ2v) is 5.92. The molecule has 0 aromatic carbocycles. The second kappa shape index (κ2) is 5.85. The van der Waals surface area contributed by atoms with Crippen LogP contribution >= 0.6 is 0 Å². The Morgan fingerprint density at radius 2 is 2.24 bits per heavy atom. The molecular formula is C14H26N2O. The van der Waals surface area contributed by atoms with E-state index in [1.165, 1.54) is 19.3 Å². The highest BCUT2D eigenvalue weighted by Gasteiger charge is 2.32. The molecule has 0 aliphatic carbocycles. The van der Waals surface area contributed by atoms with Gasteiger partial charge in [-0.1, -0.05) is 20.3 Å². The first-order valence-electron chi connectivity index (χ1n) is 7.20. The SMILES string of the molecule is CCCC1CCN(C(=O)C2CNCC(C)C2)C1. The standard InChI is InChI=1S/C14H26N2O/c1-3-4-12-5-6-16(10-12)14(17)13-7-11(2)8-15-9-13/h11-13,15H,3-10H2,1-2H3. The van der Waals surface area contributed by atoms with E-state index in [9.17, 15) is 4.79 Å². The summed E-state index contributed by atoms with van der Waals surface area (Å²) in [5, 5.41) is 3.38. The minimum absolute atomic E-state index is 0.235. The maximum Gasteiger partial charge on any atom is 0.226 e. The summed E-state index contributed by atoms with van der Waals surface area (Å²) in [6.07, 6.45) is 4.81. The van der Waals surface area contributed by atoms with Gasteiger partial charge in [-0.15, -0.1) is 0 Å². The van der Waals surface area contributed by atoms with Crippen LogP contribution in [0.2, 0.25) is 0 Å². The first kappa shape index (κ1) is 12.9. The fraction of sp³-hybridized carbons (Fsp3) is 0.929. The molecule has 2 rings (SSSR count). The van der Waals surface area contributed by atoms with E-state index >= 15 is 0 Å². The molecule has 1 N–H and O–H groups in total. The van der Waals surface area contributed by atoms with Gasteiger partial charge in [0, 0.05) is 19.6 Å². The molecule has 2 aliphatic rings. The molecule has 0 aromatic heterocycles. The van der Waals surface area contributed by atoms with Gasteiger partial charge in [0.2, 0.25) is 5.91 Å². The molecule has 2 aliphatic heterocycles. The van der Waals surface area contributed by atoms with E-state index in [4.69, 9.17) is 0 Å². The van der Waals surface area contributed by atoms with Gasteiger partial charge in [0.05, 0.1) is 5.92 Å². The molecule has 2 saturated heterocycles. The molecule has 0 aromatic rings. The molecule has 2 fully saturated rings. The summed E-state index contributed by atoms with van der Waals surface area (Å²) >= 11 is 0. The van der Waals surface area contributed by atoms with E-state index in [-0.39, 0.29) is 5.92 Å². The quantitative estimate of drug-likeness (QED) is 0.814. The molecule has 0 radical (unpaired) electrons. The summed E-state index contributed by atoms with van der Waals surface area (Å²) in [5.41, 5.74) is 0. The highest BCUT2D eigenvalue weighted by Crippen LogP contribution is 2.25. The molecule has 0 bridgehead atoms. The fourth-order valence-corrected chi connectivity index (χ4v) is 3.28. The van der Waals surface area contributed by atoms with Crippen molar-refractivity contribution in [3.63, 3.8) is 0 Å². The Morgan fingerprint density at radius 1 is 1.41 bits per heavy atom. The Morgan fingerprint density at radius 3 is 2.94 bits per heavy atom. The number of carbonyl (C=O) groups is 1. The number of hydrogen-bond acceptors (Lipinski definition) is 2. The molecule has 17 heavy (non-hydrogen) atoms. The van der Waals surface area contributed by atoms with Gasteiger partial charge < -0.3 is 10.2 Å². The van der Waals surface area contributed by atoms with Crippen LogP contribution in [0.3, 0.4) is 0 Å². The predicted octanol–water partition coefficient (Wildman–Crippen LogP) is 1.88. The van der Waals surface area contributed by atoms with E-state index in [2.05, 4.69) is 24.1 Å². The van der Waals surface area contributed by atoms with Crippen molar-refractivity contribution in [2.24, 2.45) is 17.8 Å². The zero-order chi connectivity index (χ0) is 12.3. The van der Waals surface area contributed by atoms with Gasteiger partial charge in [0.1, 0.15) is 0 Å². The number of piperidine rings is 1. The third-order valence-corrected chi connectivity index (χ3v) is 4.21.